The minimum Gasteiger partial charge on any atom is -0.327 e. The molecule has 0 spiro atoms. The van der Waals surface area contributed by atoms with Crippen LogP contribution < -0.4 is 0 Å². The van der Waals surface area contributed by atoms with Gasteiger partial charge in [-0.1, -0.05) is 13.0 Å². The van der Waals surface area contributed by atoms with Gasteiger partial charge < -0.3 is 9.47 Å². The Morgan fingerprint density at radius 2 is 2.05 bits per heavy atom. The molecule has 2 aromatic rings. The number of para-hydroxylation sites is 1. The van der Waals surface area contributed by atoms with Crippen molar-refractivity contribution in [2.75, 3.05) is 19.6 Å². The smallest absolute Gasteiger partial charge is 0.151 e. The van der Waals surface area contributed by atoms with E-state index in [0.717, 1.165) is 24.4 Å². The first-order valence-electron chi connectivity index (χ1n) is 7.61. The number of nitrogens with zero attached hydrogens (tertiary/aromatic N) is 3. The summed E-state index contributed by atoms with van der Waals surface area (Å²) in [5.74, 6) is 1.28. The van der Waals surface area contributed by atoms with Gasteiger partial charge in [-0.15, -0.1) is 11.6 Å². The molecule has 21 heavy (non-hydrogen) atoms. The van der Waals surface area contributed by atoms with Crippen LogP contribution in [0.5, 0.6) is 0 Å². The number of aromatic nitrogens is 2. The number of imidazole rings is 1. The van der Waals surface area contributed by atoms with Crippen LogP contribution in [0.4, 0.5) is 4.39 Å². The maximum Gasteiger partial charge on any atom is 0.151 e. The Hall–Kier alpha value is -1.13. The first-order chi connectivity index (χ1) is 10.2. The van der Waals surface area contributed by atoms with Crippen molar-refractivity contribution in [2.24, 2.45) is 5.92 Å². The van der Waals surface area contributed by atoms with Gasteiger partial charge >= 0.3 is 0 Å². The first kappa shape index (κ1) is 14.8. The van der Waals surface area contributed by atoms with Crippen molar-refractivity contribution in [3.63, 3.8) is 0 Å². The van der Waals surface area contributed by atoms with E-state index in [0.29, 0.717) is 17.3 Å². The van der Waals surface area contributed by atoms with E-state index in [1.165, 1.54) is 32.0 Å². The fourth-order valence-corrected chi connectivity index (χ4v) is 3.45. The van der Waals surface area contributed by atoms with Crippen LogP contribution >= 0.6 is 11.6 Å². The van der Waals surface area contributed by atoms with Crippen molar-refractivity contribution < 1.29 is 4.39 Å². The third kappa shape index (κ3) is 3.06. The number of alkyl halides is 1. The summed E-state index contributed by atoms with van der Waals surface area (Å²) < 4.78 is 15.9. The molecule has 0 aliphatic carbocycles. The van der Waals surface area contributed by atoms with Gasteiger partial charge in [0.15, 0.2) is 5.82 Å². The molecule has 1 aromatic heterocycles. The van der Waals surface area contributed by atoms with Gasteiger partial charge in [0.2, 0.25) is 0 Å². The van der Waals surface area contributed by atoms with Gasteiger partial charge in [0.05, 0.1) is 11.4 Å². The predicted molar refractivity (Wildman–Crippen MR) is 84.1 cm³/mol. The molecule has 5 heteroatoms. The van der Waals surface area contributed by atoms with Crippen molar-refractivity contribution in [3.8, 4) is 0 Å². The van der Waals surface area contributed by atoms with Crippen LogP contribution in [0.1, 0.15) is 25.6 Å². The highest BCUT2D eigenvalue weighted by Crippen LogP contribution is 2.22. The SMILES string of the molecule is CC(CN1CCCC1)Cn1c(CCl)nc2c(F)cccc21. The van der Waals surface area contributed by atoms with E-state index in [1.54, 1.807) is 6.07 Å². The molecule has 1 atom stereocenters. The van der Waals surface area contributed by atoms with E-state index in [4.69, 9.17) is 11.6 Å². The van der Waals surface area contributed by atoms with Crippen LogP contribution in [-0.2, 0) is 12.4 Å². The molecule has 0 amide bonds. The molecule has 1 aromatic carbocycles. The third-order valence-electron chi connectivity index (χ3n) is 4.19. The van der Waals surface area contributed by atoms with Crippen LogP contribution in [0.2, 0.25) is 0 Å². The average molecular weight is 310 g/mol. The lowest BCUT2D eigenvalue weighted by molar-refractivity contribution is 0.272. The fourth-order valence-electron chi connectivity index (χ4n) is 3.24. The Bertz CT molecular complexity index is 619. The number of hydrogen-bond donors (Lipinski definition) is 0. The van der Waals surface area contributed by atoms with E-state index in [1.807, 2.05) is 6.07 Å². The van der Waals surface area contributed by atoms with Crippen LogP contribution in [0, 0.1) is 11.7 Å². The fraction of sp³-hybridized carbons (Fsp3) is 0.562. The zero-order chi connectivity index (χ0) is 14.8. The zero-order valence-electron chi connectivity index (χ0n) is 12.4. The molecule has 1 aliphatic rings. The molecule has 0 radical (unpaired) electrons. The van der Waals surface area contributed by atoms with Gasteiger partial charge in [0, 0.05) is 13.1 Å². The highest BCUT2D eigenvalue weighted by Gasteiger charge is 2.18. The first-order valence-corrected chi connectivity index (χ1v) is 8.14. The summed E-state index contributed by atoms with van der Waals surface area (Å²) in [5, 5.41) is 0. The number of fused-ring (bicyclic) bond motifs is 1. The van der Waals surface area contributed by atoms with Crippen LogP contribution in [0.15, 0.2) is 18.2 Å². The quantitative estimate of drug-likeness (QED) is 0.786. The summed E-state index contributed by atoms with van der Waals surface area (Å²) in [5.41, 5.74) is 1.28. The van der Waals surface area contributed by atoms with Crippen LogP contribution in [0.25, 0.3) is 11.0 Å². The molecule has 0 saturated carbocycles. The van der Waals surface area contributed by atoms with E-state index < -0.39 is 0 Å². The van der Waals surface area contributed by atoms with Crippen molar-refractivity contribution in [1.29, 1.82) is 0 Å². The molecule has 1 fully saturated rings. The Morgan fingerprint density at radius 1 is 1.29 bits per heavy atom. The molecule has 0 bridgehead atoms. The maximum atomic E-state index is 13.9. The van der Waals surface area contributed by atoms with E-state index in [2.05, 4.69) is 21.4 Å². The normalized spacial score (nSPS) is 17.7. The summed E-state index contributed by atoms with van der Waals surface area (Å²) >= 11 is 5.99. The van der Waals surface area contributed by atoms with Gasteiger partial charge in [-0.05, 0) is 44.0 Å². The van der Waals surface area contributed by atoms with Crippen molar-refractivity contribution in [3.05, 3.63) is 29.8 Å². The summed E-state index contributed by atoms with van der Waals surface area (Å²) in [4.78, 5) is 6.86. The second kappa shape index (κ2) is 6.32. The molecule has 114 valence electrons. The lowest BCUT2D eigenvalue weighted by Gasteiger charge is -2.21. The third-order valence-corrected chi connectivity index (χ3v) is 4.43. The summed E-state index contributed by atoms with van der Waals surface area (Å²) in [6.07, 6.45) is 2.61. The van der Waals surface area contributed by atoms with Gasteiger partial charge in [0.1, 0.15) is 11.3 Å². The van der Waals surface area contributed by atoms with Crippen LogP contribution in [-0.4, -0.2) is 34.1 Å². The molecular weight excluding hydrogens is 289 g/mol. The lowest BCUT2D eigenvalue weighted by Crippen LogP contribution is -2.27. The number of likely N-dealkylation sites (tertiary alicyclic amines) is 1. The largest absolute Gasteiger partial charge is 0.327 e. The average Bonchev–Trinajstić information content (AvgIpc) is 3.08. The van der Waals surface area contributed by atoms with Crippen LogP contribution in [0.3, 0.4) is 0 Å². The lowest BCUT2D eigenvalue weighted by atomic mass is 10.1. The minimum absolute atomic E-state index is 0.273. The molecule has 2 heterocycles. The molecule has 1 saturated heterocycles. The van der Waals surface area contributed by atoms with Gasteiger partial charge in [-0.25, -0.2) is 9.37 Å². The number of benzene rings is 1. The Morgan fingerprint density at radius 3 is 2.76 bits per heavy atom. The Balaban J connectivity index is 1.83. The molecule has 1 aliphatic heterocycles. The molecular formula is C16H21ClFN3. The maximum absolute atomic E-state index is 13.9. The second-order valence-corrected chi connectivity index (χ2v) is 6.26. The standard InChI is InChI=1S/C16H21ClFN3/c1-12(10-20-7-2-3-8-20)11-21-14-6-4-5-13(18)16(14)19-15(21)9-17/h4-6,12H,2-3,7-11H2,1H3. The second-order valence-electron chi connectivity index (χ2n) is 5.99. The zero-order valence-corrected chi connectivity index (χ0v) is 13.1. The van der Waals surface area contributed by atoms with Gasteiger partial charge in [0.25, 0.3) is 0 Å². The highest BCUT2D eigenvalue weighted by molar-refractivity contribution is 6.16. The summed E-state index contributed by atoms with van der Waals surface area (Å²) in [7, 11) is 0. The highest BCUT2D eigenvalue weighted by atomic mass is 35.5. The Labute approximate surface area is 129 Å². The van der Waals surface area contributed by atoms with Crippen molar-refractivity contribution >= 4 is 22.6 Å². The molecule has 3 nitrogen and oxygen atoms in total. The minimum atomic E-state index is -0.273. The predicted octanol–water partition coefficient (Wildman–Crippen LogP) is 3.65. The van der Waals surface area contributed by atoms with E-state index >= 15 is 0 Å². The number of hydrogen-bond acceptors (Lipinski definition) is 2. The topological polar surface area (TPSA) is 21.1 Å². The van der Waals surface area contributed by atoms with Gasteiger partial charge in [-0.3, -0.25) is 0 Å². The summed E-state index contributed by atoms with van der Waals surface area (Å²) in [6.45, 7) is 6.55. The van der Waals surface area contributed by atoms with Crippen molar-refractivity contribution in [1.82, 2.24) is 14.5 Å². The van der Waals surface area contributed by atoms with E-state index in [-0.39, 0.29) is 5.82 Å². The monoisotopic (exact) mass is 309 g/mol. The molecule has 0 N–H and O–H groups in total. The van der Waals surface area contributed by atoms with Crippen molar-refractivity contribution in [2.45, 2.75) is 32.2 Å². The molecule has 1 unspecified atom stereocenters. The molecule has 3 rings (SSSR count). The van der Waals surface area contributed by atoms with E-state index in [9.17, 15) is 4.39 Å². The summed E-state index contributed by atoms with van der Waals surface area (Å²) in [6, 6.07) is 5.11. The Kier molecular flexibility index (Phi) is 4.45. The number of halogens is 2. The number of rotatable bonds is 5. The van der Waals surface area contributed by atoms with Gasteiger partial charge in [-0.2, -0.15) is 0 Å².